The summed E-state index contributed by atoms with van der Waals surface area (Å²) in [5, 5.41) is 18.5. The van der Waals surface area contributed by atoms with Crippen LogP contribution in [0.15, 0.2) is 24.3 Å². The highest BCUT2D eigenvalue weighted by molar-refractivity contribution is 5.50. The number of likely N-dealkylation sites (N-methyl/N-ethyl adjacent to an activating group) is 1. The molecule has 0 bridgehead atoms. The monoisotopic (exact) mass is 216 g/mol. The maximum atomic E-state index is 9.83. The lowest BCUT2D eigenvalue weighted by Crippen LogP contribution is -2.37. The van der Waals surface area contributed by atoms with Gasteiger partial charge in [0.05, 0.1) is 23.8 Å². The van der Waals surface area contributed by atoms with Crippen LogP contribution in [0.25, 0.3) is 0 Å². The largest absolute Gasteiger partial charge is 0.391 e. The number of aliphatic hydroxyl groups excluding tert-OH is 1. The van der Waals surface area contributed by atoms with Crippen molar-refractivity contribution in [3.8, 4) is 6.07 Å². The number of rotatable bonds is 2. The van der Waals surface area contributed by atoms with Gasteiger partial charge in [0, 0.05) is 12.7 Å². The first-order valence-electron chi connectivity index (χ1n) is 5.63. The van der Waals surface area contributed by atoms with Crippen molar-refractivity contribution >= 4 is 5.69 Å². The lowest BCUT2D eigenvalue weighted by Gasteiger charge is -2.29. The van der Waals surface area contributed by atoms with Crippen LogP contribution in [-0.4, -0.2) is 24.3 Å². The Labute approximate surface area is 95.9 Å². The molecule has 1 aliphatic rings. The van der Waals surface area contributed by atoms with Gasteiger partial charge in [0.1, 0.15) is 0 Å². The van der Waals surface area contributed by atoms with Gasteiger partial charge in [-0.3, -0.25) is 0 Å². The molecule has 0 aliphatic heterocycles. The highest BCUT2D eigenvalue weighted by atomic mass is 16.3. The fraction of sp³-hybridized carbons (Fsp3) is 0.462. The molecule has 2 atom stereocenters. The van der Waals surface area contributed by atoms with E-state index in [1.54, 1.807) is 0 Å². The Kier molecular flexibility index (Phi) is 3.12. The van der Waals surface area contributed by atoms with Gasteiger partial charge in [-0.1, -0.05) is 0 Å². The van der Waals surface area contributed by atoms with Crippen molar-refractivity contribution in [1.29, 1.82) is 5.26 Å². The van der Waals surface area contributed by atoms with Gasteiger partial charge in [-0.05, 0) is 43.5 Å². The summed E-state index contributed by atoms with van der Waals surface area (Å²) in [5.74, 6) is 0. The summed E-state index contributed by atoms with van der Waals surface area (Å²) in [5.41, 5.74) is 1.73. The van der Waals surface area contributed by atoms with Crippen molar-refractivity contribution in [3.05, 3.63) is 29.8 Å². The molecule has 1 saturated carbocycles. The minimum atomic E-state index is -0.222. The van der Waals surface area contributed by atoms with Gasteiger partial charge in [-0.15, -0.1) is 0 Å². The van der Waals surface area contributed by atoms with E-state index in [2.05, 4.69) is 11.0 Å². The SMILES string of the molecule is CN(c1ccc(C#N)cc1)C1CCCC1O. The molecule has 16 heavy (non-hydrogen) atoms. The fourth-order valence-corrected chi connectivity index (χ4v) is 2.34. The van der Waals surface area contributed by atoms with E-state index >= 15 is 0 Å². The molecule has 0 radical (unpaired) electrons. The van der Waals surface area contributed by atoms with Gasteiger partial charge >= 0.3 is 0 Å². The summed E-state index contributed by atoms with van der Waals surface area (Å²) < 4.78 is 0. The van der Waals surface area contributed by atoms with E-state index in [-0.39, 0.29) is 12.1 Å². The molecule has 1 fully saturated rings. The molecule has 0 spiro atoms. The maximum Gasteiger partial charge on any atom is 0.0991 e. The van der Waals surface area contributed by atoms with E-state index in [0.717, 1.165) is 24.9 Å². The molecule has 0 saturated heterocycles. The van der Waals surface area contributed by atoms with Crippen molar-refractivity contribution in [2.24, 2.45) is 0 Å². The Morgan fingerprint density at radius 3 is 2.50 bits per heavy atom. The van der Waals surface area contributed by atoms with Crippen molar-refractivity contribution in [2.75, 3.05) is 11.9 Å². The highest BCUT2D eigenvalue weighted by Gasteiger charge is 2.28. The zero-order valence-electron chi connectivity index (χ0n) is 9.43. The van der Waals surface area contributed by atoms with Crippen LogP contribution in [0.3, 0.4) is 0 Å². The number of hydrogen-bond donors (Lipinski definition) is 1. The number of hydrogen-bond acceptors (Lipinski definition) is 3. The van der Waals surface area contributed by atoms with Gasteiger partial charge in [0.25, 0.3) is 0 Å². The molecule has 84 valence electrons. The summed E-state index contributed by atoms with van der Waals surface area (Å²) in [7, 11) is 2.00. The third-order valence-electron chi connectivity index (χ3n) is 3.35. The molecule has 0 aromatic heterocycles. The van der Waals surface area contributed by atoms with E-state index in [1.165, 1.54) is 0 Å². The Morgan fingerprint density at radius 1 is 1.31 bits per heavy atom. The first kappa shape index (κ1) is 11.0. The molecule has 0 amide bonds. The first-order valence-corrected chi connectivity index (χ1v) is 5.63. The molecule has 1 N–H and O–H groups in total. The van der Waals surface area contributed by atoms with E-state index in [0.29, 0.717) is 5.56 Å². The van der Waals surface area contributed by atoms with Crippen molar-refractivity contribution in [3.63, 3.8) is 0 Å². The summed E-state index contributed by atoms with van der Waals surface area (Å²) >= 11 is 0. The molecule has 1 aliphatic carbocycles. The van der Waals surface area contributed by atoms with E-state index in [4.69, 9.17) is 5.26 Å². The molecule has 1 aromatic carbocycles. The highest BCUT2D eigenvalue weighted by Crippen LogP contribution is 2.27. The molecule has 3 nitrogen and oxygen atoms in total. The number of anilines is 1. The normalized spacial score (nSPS) is 24.1. The molecule has 0 heterocycles. The standard InChI is InChI=1S/C13H16N2O/c1-15(12-3-2-4-13(12)16)11-7-5-10(9-14)6-8-11/h5-8,12-13,16H,2-4H2,1H3. The summed E-state index contributed by atoms with van der Waals surface area (Å²) in [4.78, 5) is 2.11. The van der Waals surface area contributed by atoms with E-state index in [9.17, 15) is 5.11 Å². The van der Waals surface area contributed by atoms with Crippen molar-refractivity contribution in [2.45, 2.75) is 31.4 Å². The zero-order chi connectivity index (χ0) is 11.5. The van der Waals surface area contributed by atoms with E-state index < -0.39 is 0 Å². The number of benzene rings is 1. The molecular weight excluding hydrogens is 200 g/mol. The topological polar surface area (TPSA) is 47.3 Å². The summed E-state index contributed by atoms with van der Waals surface area (Å²) in [6, 6.07) is 9.81. The minimum Gasteiger partial charge on any atom is -0.391 e. The average molecular weight is 216 g/mol. The maximum absolute atomic E-state index is 9.83. The second-order valence-corrected chi connectivity index (χ2v) is 4.34. The second-order valence-electron chi connectivity index (χ2n) is 4.34. The number of aliphatic hydroxyl groups is 1. The molecule has 2 rings (SSSR count). The van der Waals surface area contributed by atoms with Crippen molar-refractivity contribution < 1.29 is 5.11 Å². The summed E-state index contributed by atoms with van der Waals surface area (Å²) in [6.45, 7) is 0. The van der Waals surface area contributed by atoms with Gasteiger partial charge in [-0.2, -0.15) is 5.26 Å². The second kappa shape index (κ2) is 4.54. The predicted molar refractivity (Wildman–Crippen MR) is 63.2 cm³/mol. The molecule has 2 unspecified atom stereocenters. The molecule has 1 aromatic rings. The minimum absolute atomic E-state index is 0.216. The van der Waals surface area contributed by atoms with E-state index in [1.807, 2.05) is 31.3 Å². The van der Waals surface area contributed by atoms with Gasteiger partial charge < -0.3 is 10.0 Å². The summed E-state index contributed by atoms with van der Waals surface area (Å²) in [6.07, 6.45) is 2.80. The lowest BCUT2D eigenvalue weighted by atomic mass is 10.1. The van der Waals surface area contributed by atoms with Crippen LogP contribution >= 0.6 is 0 Å². The van der Waals surface area contributed by atoms with Gasteiger partial charge in [0.15, 0.2) is 0 Å². The van der Waals surface area contributed by atoms with Crippen LogP contribution < -0.4 is 4.90 Å². The van der Waals surface area contributed by atoms with Crippen LogP contribution in [0.2, 0.25) is 0 Å². The van der Waals surface area contributed by atoms with Crippen molar-refractivity contribution in [1.82, 2.24) is 0 Å². The number of nitrogens with zero attached hydrogens (tertiary/aromatic N) is 2. The Morgan fingerprint density at radius 2 is 2.00 bits per heavy atom. The quantitative estimate of drug-likeness (QED) is 0.821. The smallest absolute Gasteiger partial charge is 0.0991 e. The lowest BCUT2D eigenvalue weighted by molar-refractivity contribution is 0.163. The predicted octanol–water partition coefficient (Wildman–Crippen LogP) is 1.91. The fourth-order valence-electron chi connectivity index (χ4n) is 2.34. The van der Waals surface area contributed by atoms with Crippen LogP contribution in [0.1, 0.15) is 24.8 Å². The third-order valence-corrected chi connectivity index (χ3v) is 3.35. The molecule has 3 heteroatoms. The molecular formula is C13H16N2O. The Balaban J connectivity index is 2.14. The van der Waals surface area contributed by atoms with Crippen LogP contribution in [0.4, 0.5) is 5.69 Å². The van der Waals surface area contributed by atoms with Gasteiger partial charge in [0.2, 0.25) is 0 Å². The van der Waals surface area contributed by atoms with Gasteiger partial charge in [-0.25, -0.2) is 0 Å². The third kappa shape index (κ3) is 2.02. The Hall–Kier alpha value is -1.53. The first-order chi connectivity index (χ1) is 7.72. The number of nitriles is 1. The Bertz CT molecular complexity index is 393. The van der Waals surface area contributed by atoms with Crippen LogP contribution in [0.5, 0.6) is 0 Å². The average Bonchev–Trinajstić information content (AvgIpc) is 2.75. The zero-order valence-corrected chi connectivity index (χ0v) is 9.43. The van der Waals surface area contributed by atoms with Crippen LogP contribution in [-0.2, 0) is 0 Å². The van der Waals surface area contributed by atoms with Crippen LogP contribution in [0, 0.1) is 11.3 Å².